The van der Waals surface area contributed by atoms with E-state index >= 15 is 0 Å². The lowest BCUT2D eigenvalue weighted by molar-refractivity contribution is -0.116. The van der Waals surface area contributed by atoms with E-state index in [0.717, 1.165) is 5.56 Å². The van der Waals surface area contributed by atoms with Gasteiger partial charge in [0.15, 0.2) is 9.84 Å². The van der Waals surface area contributed by atoms with Crippen molar-refractivity contribution in [3.05, 3.63) is 102 Å². The molecule has 0 saturated heterocycles. The summed E-state index contributed by atoms with van der Waals surface area (Å²) in [6.45, 7) is 1.76. The van der Waals surface area contributed by atoms with Crippen molar-refractivity contribution >= 4 is 21.8 Å². The van der Waals surface area contributed by atoms with Gasteiger partial charge >= 0.3 is 0 Å². The second kappa shape index (κ2) is 9.45. The van der Waals surface area contributed by atoms with Crippen molar-refractivity contribution in [2.75, 3.05) is 6.54 Å². The van der Waals surface area contributed by atoms with Crippen LogP contribution in [0.3, 0.4) is 0 Å². The SMILES string of the molecule is Cc1ccc(S(=O)(=O)C(CNC(=O)/C=C/c2ccc(F)cc2)c2cccnc2)cc1. The highest BCUT2D eigenvalue weighted by Gasteiger charge is 2.29. The molecular formula is C23H21FN2O3S. The summed E-state index contributed by atoms with van der Waals surface area (Å²) in [6.07, 6.45) is 5.86. The Balaban J connectivity index is 1.79. The Morgan fingerprint density at radius 3 is 2.43 bits per heavy atom. The molecule has 0 aliphatic heterocycles. The lowest BCUT2D eigenvalue weighted by Crippen LogP contribution is -2.31. The number of nitrogens with zero attached hydrogens (tertiary/aromatic N) is 1. The maximum absolute atomic E-state index is 13.2. The summed E-state index contributed by atoms with van der Waals surface area (Å²) in [4.78, 5) is 16.4. The molecular weight excluding hydrogens is 403 g/mol. The van der Waals surface area contributed by atoms with E-state index in [-0.39, 0.29) is 17.3 Å². The molecule has 0 aliphatic rings. The lowest BCUT2D eigenvalue weighted by atomic mass is 10.2. The lowest BCUT2D eigenvalue weighted by Gasteiger charge is -2.18. The second-order valence-electron chi connectivity index (χ2n) is 6.76. The van der Waals surface area contributed by atoms with Crippen LogP contribution in [-0.4, -0.2) is 25.9 Å². The number of benzene rings is 2. The minimum absolute atomic E-state index is 0.117. The van der Waals surface area contributed by atoms with Gasteiger partial charge in [-0.05, 0) is 54.5 Å². The number of halogens is 1. The third-order valence-corrected chi connectivity index (χ3v) is 6.66. The number of rotatable bonds is 7. The van der Waals surface area contributed by atoms with Crippen LogP contribution in [0, 0.1) is 12.7 Å². The fourth-order valence-electron chi connectivity index (χ4n) is 2.86. The van der Waals surface area contributed by atoms with Gasteiger partial charge in [-0.15, -0.1) is 0 Å². The Kier molecular flexibility index (Phi) is 6.74. The van der Waals surface area contributed by atoms with Gasteiger partial charge in [0.05, 0.1) is 4.90 Å². The Labute approximate surface area is 175 Å². The Hall–Kier alpha value is -3.32. The van der Waals surface area contributed by atoms with E-state index in [9.17, 15) is 17.6 Å². The van der Waals surface area contributed by atoms with E-state index in [1.807, 2.05) is 6.92 Å². The minimum Gasteiger partial charge on any atom is -0.351 e. The Morgan fingerprint density at radius 1 is 1.10 bits per heavy atom. The van der Waals surface area contributed by atoms with E-state index in [2.05, 4.69) is 10.3 Å². The highest BCUT2D eigenvalue weighted by molar-refractivity contribution is 7.91. The van der Waals surface area contributed by atoms with E-state index in [4.69, 9.17) is 0 Å². The number of hydrogen-bond acceptors (Lipinski definition) is 4. The molecule has 0 aliphatic carbocycles. The summed E-state index contributed by atoms with van der Waals surface area (Å²) in [6, 6.07) is 15.6. The van der Waals surface area contributed by atoms with Gasteiger partial charge < -0.3 is 5.32 Å². The summed E-state index contributed by atoms with van der Waals surface area (Å²) < 4.78 is 39.4. The van der Waals surface area contributed by atoms with E-state index < -0.39 is 21.0 Å². The maximum atomic E-state index is 13.2. The molecule has 7 heteroatoms. The molecule has 0 saturated carbocycles. The molecule has 1 unspecified atom stereocenters. The molecule has 0 radical (unpaired) electrons. The van der Waals surface area contributed by atoms with Gasteiger partial charge in [-0.3, -0.25) is 9.78 Å². The van der Waals surface area contributed by atoms with Crippen molar-refractivity contribution in [3.8, 4) is 0 Å². The number of nitrogens with one attached hydrogen (secondary N) is 1. The topological polar surface area (TPSA) is 76.1 Å². The van der Waals surface area contributed by atoms with Gasteiger partial charge in [0, 0.05) is 25.0 Å². The first kappa shape index (κ1) is 21.4. The zero-order chi connectivity index (χ0) is 21.6. The third-order valence-electron chi connectivity index (χ3n) is 4.54. The molecule has 1 N–H and O–H groups in total. The monoisotopic (exact) mass is 424 g/mol. The van der Waals surface area contributed by atoms with Crippen molar-refractivity contribution in [1.29, 1.82) is 0 Å². The average molecular weight is 424 g/mol. The number of pyridine rings is 1. The Morgan fingerprint density at radius 2 is 1.80 bits per heavy atom. The predicted molar refractivity (Wildman–Crippen MR) is 114 cm³/mol. The normalized spacial score (nSPS) is 12.6. The van der Waals surface area contributed by atoms with E-state index in [1.54, 1.807) is 54.7 Å². The largest absolute Gasteiger partial charge is 0.351 e. The molecule has 5 nitrogen and oxygen atoms in total. The van der Waals surface area contributed by atoms with Crippen molar-refractivity contribution < 1.29 is 17.6 Å². The van der Waals surface area contributed by atoms with Crippen LogP contribution in [0.1, 0.15) is 21.9 Å². The van der Waals surface area contributed by atoms with Crippen LogP contribution in [0.15, 0.2) is 84.0 Å². The summed E-state index contributed by atoms with van der Waals surface area (Å²) >= 11 is 0. The smallest absolute Gasteiger partial charge is 0.244 e. The first-order chi connectivity index (χ1) is 14.4. The molecule has 154 valence electrons. The van der Waals surface area contributed by atoms with Gasteiger partial charge in [-0.1, -0.05) is 35.9 Å². The number of amides is 1. The van der Waals surface area contributed by atoms with Crippen LogP contribution in [0.4, 0.5) is 4.39 Å². The van der Waals surface area contributed by atoms with E-state index in [0.29, 0.717) is 11.1 Å². The fraction of sp³-hybridized carbons (Fsp3) is 0.130. The van der Waals surface area contributed by atoms with Gasteiger partial charge in [0.2, 0.25) is 5.91 Å². The Bertz CT molecular complexity index is 1130. The molecule has 1 aromatic heterocycles. The highest BCUT2D eigenvalue weighted by Crippen LogP contribution is 2.28. The average Bonchev–Trinajstić information content (AvgIpc) is 2.74. The van der Waals surface area contributed by atoms with Crippen LogP contribution in [0.25, 0.3) is 6.08 Å². The molecule has 1 heterocycles. The molecule has 0 spiro atoms. The quantitative estimate of drug-likeness (QED) is 0.584. The van der Waals surface area contributed by atoms with Crippen LogP contribution in [0.5, 0.6) is 0 Å². The van der Waals surface area contributed by atoms with E-state index in [1.165, 1.54) is 30.5 Å². The number of aromatic nitrogens is 1. The zero-order valence-electron chi connectivity index (χ0n) is 16.3. The van der Waals surface area contributed by atoms with Crippen LogP contribution >= 0.6 is 0 Å². The van der Waals surface area contributed by atoms with Crippen molar-refractivity contribution in [2.24, 2.45) is 0 Å². The van der Waals surface area contributed by atoms with Gasteiger partial charge in [0.1, 0.15) is 11.1 Å². The molecule has 1 atom stereocenters. The molecule has 0 bridgehead atoms. The van der Waals surface area contributed by atoms with Gasteiger partial charge in [-0.2, -0.15) is 0 Å². The molecule has 0 fully saturated rings. The summed E-state index contributed by atoms with van der Waals surface area (Å²) in [7, 11) is -3.76. The second-order valence-corrected chi connectivity index (χ2v) is 8.89. The maximum Gasteiger partial charge on any atom is 0.244 e. The number of carbonyl (C=O) groups is 1. The summed E-state index contributed by atoms with van der Waals surface area (Å²) in [5.41, 5.74) is 2.09. The van der Waals surface area contributed by atoms with Crippen molar-refractivity contribution in [3.63, 3.8) is 0 Å². The van der Waals surface area contributed by atoms with Crippen molar-refractivity contribution in [1.82, 2.24) is 10.3 Å². The minimum atomic E-state index is -3.76. The highest BCUT2D eigenvalue weighted by atomic mass is 32.2. The van der Waals surface area contributed by atoms with Gasteiger partial charge in [0.25, 0.3) is 0 Å². The summed E-state index contributed by atoms with van der Waals surface area (Å²) in [5.74, 6) is -0.815. The molecule has 3 rings (SSSR count). The molecule has 3 aromatic rings. The standard InChI is InChI=1S/C23H21FN2O3S/c1-17-4-11-21(12-5-17)30(28,29)22(19-3-2-14-25-15-19)16-26-23(27)13-8-18-6-9-20(24)10-7-18/h2-15,22H,16H2,1H3,(H,26,27)/b13-8+. The van der Waals surface area contributed by atoms with Crippen LogP contribution < -0.4 is 5.32 Å². The summed E-state index contributed by atoms with van der Waals surface area (Å²) in [5, 5.41) is 1.65. The zero-order valence-corrected chi connectivity index (χ0v) is 17.1. The third kappa shape index (κ3) is 5.39. The predicted octanol–water partition coefficient (Wildman–Crippen LogP) is 3.87. The van der Waals surface area contributed by atoms with Crippen LogP contribution in [-0.2, 0) is 14.6 Å². The van der Waals surface area contributed by atoms with Gasteiger partial charge in [-0.25, -0.2) is 12.8 Å². The molecule has 1 amide bonds. The number of hydrogen-bond donors (Lipinski definition) is 1. The fourth-order valence-corrected chi connectivity index (χ4v) is 4.51. The van der Waals surface area contributed by atoms with Crippen molar-refractivity contribution in [2.45, 2.75) is 17.1 Å². The molecule has 30 heavy (non-hydrogen) atoms. The number of aryl methyl sites for hydroxylation is 1. The number of sulfone groups is 1. The first-order valence-corrected chi connectivity index (χ1v) is 10.8. The van der Waals surface area contributed by atoms with Crippen LogP contribution in [0.2, 0.25) is 0 Å². The first-order valence-electron chi connectivity index (χ1n) is 9.28. The molecule has 2 aromatic carbocycles. The number of carbonyl (C=O) groups excluding carboxylic acids is 1.